The fourth-order valence-electron chi connectivity index (χ4n) is 1.10. The number of imidazole rings is 1. The molecule has 15 heavy (non-hydrogen) atoms. The Bertz CT molecular complexity index is 384. The zero-order valence-electron chi connectivity index (χ0n) is 8.94. The quantitative estimate of drug-likeness (QED) is 0.788. The van der Waals surface area contributed by atoms with Crippen LogP contribution in [0, 0.1) is 0 Å². The van der Waals surface area contributed by atoms with Gasteiger partial charge in [0.05, 0.1) is 18.5 Å². The van der Waals surface area contributed by atoms with Crippen molar-refractivity contribution in [1.82, 2.24) is 15.0 Å². The molecule has 2 heterocycles. The van der Waals surface area contributed by atoms with Gasteiger partial charge in [-0.05, 0) is 12.1 Å². The molecule has 0 amide bonds. The lowest BCUT2D eigenvalue weighted by atomic mass is 10.2. The summed E-state index contributed by atoms with van der Waals surface area (Å²) in [4.78, 5) is 11.0. The van der Waals surface area contributed by atoms with Crippen LogP contribution in [0.1, 0.15) is 19.5 Å². The van der Waals surface area contributed by atoms with Crippen molar-refractivity contribution in [2.75, 3.05) is 0 Å². The minimum absolute atomic E-state index is 0.0158. The highest BCUT2D eigenvalue weighted by Gasteiger charge is 2.00. The Labute approximate surface area is 89.0 Å². The maximum Gasteiger partial charge on any atom is 0.137 e. The van der Waals surface area contributed by atoms with Crippen molar-refractivity contribution in [3.05, 3.63) is 36.4 Å². The number of hydrogen-bond donors (Lipinski definition) is 2. The molecule has 80 valence electrons. The first-order chi connectivity index (χ1) is 7.40. The lowest BCUT2D eigenvalue weighted by Crippen LogP contribution is -1.83. The van der Waals surface area contributed by atoms with Gasteiger partial charge in [0.1, 0.15) is 5.82 Å². The first-order valence-electron chi connectivity index (χ1n) is 4.95. The van der Waals surface area contributed by atoms with Gasteiger partial charge in [0, 0.05) is 18.0 Å². The molecule has 2 rings (SSSR count). The largest absolute Gasteiger partial charge is 0.390 e. The van der Waals surface area contributed by atoms with E-state index in [1.54, 1.807) is 18.6 Å². The maximum atomic E-state index is 8.81. The number of aromatic nitrogens is 3. The third kappa shape index (κ3) is 2.89. The smallest absolute Gasteiger partial charge is 0.137 e. The van der Waals surface area contributed by atoms with Gasteiger partial charge in [-0.15, -0.1) is 0 Å². The number of aromatic amines is 1. The number of rotatable bonds is 2. The number of aliphatic hydroxyl groups is 1. The molecule has 0 atom stereocenters. The van der Waals surface area contributed by atoms with E-state index in [9.17, 15) is 0 Å². The molecule has 0 saturated heterocycles. The molecule has 0 fully saturated rings. The summed E-state index contributed by atoms with van der Waals surface area (Å²) in [5.74, 6) is 0.756. The Morgan fingerprint density at radius 1 is 1.27 bits per heavy atom. The summed E-state index contributed by atoms with van der Waals surface area (Å²) >= 11 is 0. The molecule has 4 nitrogen and oxygen atoms in total. The first-order valence-corrected chi connectivity index (χ1v) is 4.95. The zero-order valence-corrected chi connectivity index (χ0v) is 8.94. The van der Waals surface area contributed by atoms with E-state index in [1.807, 2.05) is 26.0 Å². The average Bonchev–Trinajstić information content (AvgIpc) is 2.81. The van der Waals surface area contributed by atoms with Crippen molar-refractivity contribution in [2.24, 2.45) is 0 Å². The summed E-state index contributed by atoms with van der Waals surface area (Å²) < 4.78 is 0. The Morgan fingerprint density at radius 2 is 1.93 bits per heavy atom. The van der Waals surface area contributed by atoms with Crippen molar-refractivity contribution < 1.29 is 5.11 Å². The predicted octanol–water partition coefficient (Wildman–Crippen LogP) is 1.99. The molecule has 0 aliphatic rings. The normalized spacial score (nSPS) is 9.27. The molecule has 4 heteroatoms. The van der Waals surface area contributed by atoms with Crippen molar-refractivity contribution in [3.8, 4) is 11.4 Å². The van der Waals surface area contributed by atoms with E-state index >= 15 is 0 Å². The van der Waals surface area contributed by atoms with Gasteiger partial charge >= 0.3 is 0 Å². The summed E-state index contributed by atoms with van der Waals surface area (Å²) in [6, 6.07) is 3.72. The van der Waals surface area contributed by atoms with E-state index < -0.39 is 0 Å². The highest BCUT2D eigenvalue weighted by molar-refractivity contribution is 5.53. The minimum Gasteiger partial charge on any atom is -0.390 e. The Balaban J connectivity index is 0.000000531. The fourth-order valence-corrected chi connectivity index (χ4v) is 1.10. The summed E-state index contributed by atoms with van der Waals surface area (Å²) in [6.07, 6.45) is 5.03. The molecule has 0 aromatic carbocycles. The van der Waals surface area contributed by atoms with Crippen LogP contribution in [-0.2, 0) is 6.61 Å². The molecule has 2 aromatic rings. The number of nitrogens with one attached hydrogen (secondary N) is 1. The summed E-state index contributed by atoms with van der Waals surface area (Å²) in [5.41, 5.74) is 1.68. The second-order valence-corrected chi connectivity index (χ2v) is 2.65. The monoisotopic (exact) mass is 205 g/mol. The highest BCUT2D eigenvalue weighted by Crippen LogP contribution is 2.13. The zero-order chi connectivity index (χ0) is 11.1. The standard InChI is InChI=1S/C9H9N3O.C2H6/c13-6-8-5-11-9(12-8)7-1-3-10-4-2-7;1-2/h1-5,13H,6H2,(H,11,12);1-2H3. The van der Waals surface area contributed by atoms with Crippen LogP contribution in [0.5, 0.6) is 0 Å². The molecular formula is C11H15N3O. The van der Waals surface area contributed by atoms with E-state index in [0.717, 1.165) is 11.4 Å². The van der Waals surface area contributed by atoms with Crippen LogP contribution in [-0.4, -0.2) is 20.1 Å². The molecule has 0 aliphatic carbocycles. The van der Waals surface area contributed by atoms with Gasteiger partial charge in [-0.1, -0.05) is 13.8 Å². The van der Waals surface area contributed by atoms with Crippen molar-refractivity contribution >= 4 is 0 Å². The predicted molar refractivity (Wildman–Crippen MR) is 59.1 cm³/mol. The molecular weight excluding hydrogens is 190 g/mol. The van der Waals surface area contributed by atoms with E-state index in [0.29, 0.717) is 5.69 Å². The number of hydrogen-bond acceptors (Lipinski definition) is 3. The van der Waals surface area contributed by atoms with E-state index in [-0.39, 0.29) is 6.61 Å². The van der Waals surface area contributed by atoms with Gasteiger partial charge in [0.25, 0.3) is 0 Å². The summed E-state index contributed by atoms with van der Waals surface area (Å²) in [7, 11) is 0. The fraction of sp³-hybridized carbons (Fsp3) is 0.273. The summed E-state index contributed by atoms with van der Waals surface area (Å²) in [6.45, 7) is 3.98. The maximum absolute atomic E-state index is 8.81. The SMILES string of the molecule is CC.OCc1cnc(-c2ccncc2)[nH]1. The first kappa shape index (κ1) is 11.4. The van der Waals surface area contributed by atoms with Crippen molar-refractivity contribution in [1.29, 1.82) is 0 Å². The Morgan fingerprint density at radius 3 is 2.47 bits per heavy atom. The topological polar surface area (TPSA) is 61.8 Å². The van der Waals surface area contributed by atoms with Gasteiger partial charge in [-0.2, -0.15) is 0 Å². The molecule has 0 spiro atoms. The van der Waals surface area contributed by atoms with E-state index in [1.165, 1.54) is 0 Å². The number of H-pyrrole nitrogens is 1. The molecule has 0 aliphatic heterocycles. The lowest BCUT2D eigenvalue weighted by Gasteiger charge is -1.93. The molecule has 0 bridgehead atoms. The third-order valence-corrected chi connectivity index (χ3v) is 1.75. The van der Waals surface area contributed by atoms with E-state index in [4.69, 9.17) is 5.11 Å². The number of aliphatic hydroxyl groups excluding tert-OH is 1. The highest BCUT2D eigenvalue weighted by atomic mass is 16.3. The minimum atomic E-state index is -0.0158. The Kier molecular flexibility index (Phi) is 4.50. The van der Waals surface area contributed by atoms with Crippen LogP contribution >= 0.6 is 0 Å². The van der Waals surface area contributed by atoms with Crippen molar-refractivity contribution in [3.63, 3.8) is 0 Å². The third-order valence-electron chi connectivity index (χ3n) is 1.75. The van der Waals surface area contributed by atoms with Crippen LogP contribution in [0.25, 0.3) is 11.4 Å². The second-order valence-electron chi connectivity index (χ2n) is 2.65. The molecule has 2 N–H and O–H groups in total. The second kappa shape index (κ2) is 5.93. The van der Waals surface area contributed by atoms with Crippen LogP contribution in [0.4, 0.5) is 0 Å². The van der Waals surface area contributed by atoms with Crippen LogP contribution in [0.3, 0.4) is 0 Å². The van der Waals surface area contributed by atoms with E-state index in [2.05, 4.69) is 15.0 Å². The number of pyridine rings is 1. The number of nitrogens with zero attached hydrogens (tertiary/aromatic N) is 2. The Hall–Kier alpha value is -1.68. The summed E-state index contributed by atoms with van der Waals surface area (Å²) in [5, 5.41) is 8.81. The van der Waals surface area contributed by atoms with Gasteiger partial charge in [0.2, 0.25) is 0 Å². The molecule has 0 saturated carbocycles. The van der Waals surface area contributed by atoms with Crippen LogP contribution in [0.15, 0.2) is 30.7 Å². The molecule has 0 unspecified atom stereocenters. The molecule has 2 aromatic heterocycles. The van der Waals surface area contributed by atoms with Gasteiger partial charge < -0.3 is 10.1 Å². The lowest BCUT2D eigenvalue weighted by molar-refractivity contribution is 0.277. The van der Waals surface area contributed by atoms with Gasteiger partial charge in [-0.3, -0.25) is 4.98 Å². The average molecular weight is 205 g/mol. The van der Waals surface area contributed by atoms with Gasteiger partial charge in [0.15, 0.2) is 0 Å². The molecule has 0 radical (unpaired) electrons. The van der Waals surface area contributed by atoms with Crippen molar-refractivity contribution in [2.45, 2.75) is 20.5 Å². The van der Waals surface area contributed by atoms with Crippen LogP contribution < -0.4 is 0 Å². The van der Waals surface area contributed by atoms with Crippen LogP contribution in [0.2, 0.25) is 0 Å². The van der Waals surface area contributed by atoms with Gasteiger partial charge in [-0.25, -0.2) is 4.98 Å².